The summed E-state index contributed by atoms with van der Waals surface area (Å²) in [5, 5.41) is 5.20. The molecule has 0 fully saturated rings. The molecule has 0 saturated carbocycles. The Kier molecular flexibility index (Phi) is 3.76. The molecule has 0 aliphatic rings. The van der Waals surface area contributed by atoms with Gasteiger partial charge in [0.1, 0.15) is 0 Å². The molecule has 0 N–H and O–H groups in total. The van der Waals surface area contributed by atoms with Gasteiger partial charge in [-0.1, -0.05) is 84.9 Å². The SMILES string of the molecule is Br.c1ccc2c(-c3cccc4ccccc34)cccc2c1. The average molecular weight is 335 g/mol. The van der Waals surface area contributed by atoms with Gasteiger partial charge in [0.15, 0.2) is 0 Å². The molecule has 4 aromatic carbocycles. The molecule has 21 heavy (non-hydrogen) atoms. The van der Waals surface area contributed by atoms with Crippen molar-refractivity contribution in [3.05, 3.63) is 84.9 Å². The van der Waals surface area contributed by atoms with Crippen LogP contribution in [-0.2, 0) is 0 Å². The standard InChI is InChI=1S/C20H14.BrH/c1-3-11-17-15(7-1)9-5-13-19(17)20-14-6-10-16-8-2-4-12-18(16)20;/h1-14H;1H. The van der Waals surface area contributed by atoms with Crippen molar-refractivity contribution in [2.45, 2.75) is 0 Å². The van der Waals surface area contributed by atoms with Gasteiger partial charge < -0.3 is 0 Å². The molecule has 0 aromatic heterocycles. The quantitative estimate of drug-likeness (QED) is 0.386. The van der Waals surface area contributed by atoms with E-state index in [4.69, 9.17) is 0 Å². The van der Waals surface area contributed by atoms with Gasteiger partial charge >= 0.3 is 0 Å². The van der Waals surface area contributed by atoms with E-state index in [0.717, 1.165) is 0 Å². The zero-order valence-electron chi connectivity index (χ0n) is 11.5. The van der Waals surface area contributed by atoms with Crippen molar-refractivity contribution in [1.29, 1.82) is 0 Å². The maximum absolute atomic E-state index is 2.21. The van der Waals surface area contributed by atoms with Gasteiger partial charge in [-0.2, -0.15) is 0 Å². The second-order valence-electron chi connectivity index (χ2n) is 5.05. The first-order valence-corrected chi connectivity index (χ1v) is 6.89. The highest BCUT2D eigenvalue weighted by molar-refractivity contribution is 8.93. The van der Waals surface area contributed by atoms with Gasteiger partial charge in [0.2, 0.25) is 0 Å². The summed E-state index contributed by atoms with van der Waals surface area (Å²) in [6, 6.07) is 30.2. The highest BCUT2D eigenvalue weighted by Crippen LogP contribution is 2.33. The Morgan fingerprint density at radius 2 is 0.762 bits per heavy atom. The first-order chi connectivity index (χ1) is 9.93. The Morgan fingerprint density at radius 1 is 0.381 bits per heavy atom. The zero-order valence-corrected chi connectivity index (χ0v) is 13.2. The Balaban J connectivity index is 0.00000132. The van der Waals surface area contributed by atoms with Crippen LogP contribution in [0.25, 0.3) is 32.7 Å². The van der Waals surface area contributed by atoms with Crippen LogP contribution in [0.1, 0.15) is 0 Å². The van der Waals surface area contributed by atoms with Crippen molar-refractivity contribution in [1.82, 2.24) is 0 Å². The molecule has 0 radical (unpaired) electrons. The molecule has 0 amide bonds. The van der Waals surface area contributed by atoms with E-state index in [9.17, 15) is 0 Å². The Morgan fingerprint density at radius 3 is 1.24 bits per heavy atom. The smallest absolute Gasteiger partial charge is 0.00992 e. The third kappa shape index (κ3) is 2.34. The third-order valence-electron chi connectivity index (χ3n) is 3.87. The lowest BCUT2D eigenvalue weighted by atomic mass is 9.94. The van der Waals surface area contributed by atoms with Crippen molar-refractivity contribution < 1.29 is 0 Å². The van der Waals surface area contributed by atoms with Crippen molar-refractivity contribution >= 4 is 38.5 Å². The predicted molar refractivity (Wildman–Crippen MR) is 97.2 cm³/mol. The van der Waals surface area contributed by atoms with Crippen LogP contribution in [0.4, 0.5) is 0 Å². The number of hydrogen-bond donors (Lipinski definition) is 0. The highest BCUT2D eigenvalue weighted by atomic mass is 79.9. The van der Waals surface area contributed by atoms with E-state index < -0.39 is 0 Å². The average Bonchev–Trinajstić information content (AvgIpc) is 2.54. The van der Waals surface area contributed by atoms with E-state index in [0.29, 0.717) is 0 Å². The summed E-state index contributed by atoms with van der Waals surface area (Å²) in [5.41, 5.74) is 2.61. The number of rotatable bonds is 1. The zero-order chi connectivity index (χ0) is 13.4. The van der Waals surface area contributed by atoms with Gasteiger partial charge in [-0.25, -0.2) is 0 Å². The van der Waals surface area contributed by atoms with Crippen LogP contribution in [0, 0.1) is 0 Å². The van der Waals surface area contributed by atoms with Crippen LogP contribution in [-0.4, -0.2) is 0 Å². The molecular formula is C20H15Br. The van der Waals surface area contributed by atoms with Crippen molar-refractivity contribution in [3.63, 3.8) is 0 Å². The summed E-state index contributed by atoms with van der Waals surface area (Å²) in [6.45, 7) is 0. The van der Waals surface area contributed by atoms with E-state index in [1.807, 2.05) is 0 Å². The maximum Gasteiger partial charge on any atom is -0.00992 e. The minimum absolute atomic E-state index is 0. The van der Waals surface area contributed by atoms with Crippen molar-refractivity contribution in [2.24, 2.45) is 0 Å². The van der Waals surface area contributed by atoms with Crippen molar-refractivity contribution in [2.75, 3.05) is 0 Å². The fourth-order valence-corrected chi connectivity index (χ4v) is 2.92. The van der Waals surface area contributed by atoms with E-state index in [1.165, 1.54) is 32.7 Å². The first-order valence-electron chi connectivity index (χ1n) is 6.89. The van der Waals surface area contributed by atoms with E-state index in [1.54, 1.807) is 0 Å². The molecule has 0 nitrogen and oxygen atoms in total. The minimum atomic E-state index is 0. The molecule has 0 atom stereocenters. The lowest BCUT2D eigenvalue weighted by Gasteiger charge is -2.10. The van der Waals surface area contributed by atoms with Gasteiger partial charge in [0.25, 0.3) is 0 Å². The van der Waals surface area contributed by atoms with Crippen LogP contribution in [0.3, 0.4) is 0 Å². The predicted octanol–water partition coefficient (Wildman–Crippen LogP) is 6.24. The fourth-order valence-electron chi connectivity index (χ4n) is 2.92. The number of halogens is 1. The van der Waals surface area contributed by atoms with Crippen molar-refractivity contribution in [3.8, 4) is 11.1 Å². The molecule has 0 saturated heterocycles. The Bertz CT molecular complexity index is 821. The Hall–Kier alpha value is -2.12. The molecule has 102 valence electrons. The topological polar surface area (TPSA) is 0 Å². The molecule has 0 heterocycles. The maximum atomic E-state index is 2.21. The number of fused-ring (bicyclic) bond motifs is 2. The number of benzene rings is 4. The van der Waals surface area contributed by atoms with Crippen LogP contribution in [0.5, 0.6) is 0 Å². The van der Waals surface area contributed by atoms with Crippen LogP contribution < -0.4 is 0 Å². The fraction of sp³-hybridized carbons (Fsp3) is 0. The normalized spacial score (nSPS) is 10.5. The van der Waals surface area contributed by atoms with Crippen LogP contribution in [0.2, 0.25) is 0 Å². The molecule has 4 rings (SSSR count). The van der Waals surface area contributed by atoms with Gasteiger partial charge in [-0.15, -0.1) is 17.0 Å². The largest absolute Gasteiger partial charge is 0.114 e. The summed E-state index contributed by atoms with van der Waals surface area (Å²) in [7, 11) is 0. The summed E-state index contributed by atoms with van der Waals surface area (Å²) in [6.07, 6.45) is 0. The second-order valence-corrected chi connectivity index (χ2v) is 5.05. The molecule has 1 heteroatoms. The molecule has 0 aliphatic carbocycles. The van der Waals surface area contributed by atoms with Gasteiger partial charge in [-0.3, -0.25) is 0 Å². The van der Waals surface area contributed by atoms with Gasteiger partial charge in [-0.05, 0) is 32.7 Å². The molecular weight excluding hydrogens is 320 g/mol. The van der Waals surface area contributed by atoms with Crippen LogP contribution in [0.15, 0.2) is 84.9 Å². The minimum Gasteiger partial charge on any atom is -0.114 e. The second kappa shape index (κ2) is 5.71. The highest BCUT2D eigenvalue weighted by Gasteiger charge is 2.06. The lowest BCUT2D eigenvalue weighted by molar-refractivity contribution is 1.68. The lowest BCUT2D eigenvalue weighted by Crippen LogP contribution is -1.83. The Labute approximate surface area is 134 Å². The van der Waals surface area contributed by atoms with E-state index >= 15 is 0 Å². The third-order valence-corrected chi connectivity index (χ3v) is 3.87. The molecule has 0 spiro atoms. The summed E-state index contributed by atoms with van der Waals surface area (Å²) in [5.74, 6) is 0. The molecule has 0 aliphatic heterocycles. The monoisotopic (exact) mass is 334 g/mol. The summed E-state index contributed by atoms with van der Waals surface area (Å²) in [4.78, 5) is 0. The molecule has 0 unspecified atom stereocenters. The molecule has 4 aromatic rings. The van der Waals surface area contributed by atoms with E-state index in [2.05, 4.69) is 84.9 Å². The van der Waals surface area contributed by atoms with E-state index in [-0.39, 0.29) is 17.0 Å². The van der Waals surface area contributed by atoms with Gasteiger partial charge in [0, 0.05) is 0 Å². The van der Waals surface area contributed by atoms with Crippen LogP contribution >= 0.6 is 17.0 Å². The molecule has 0 bridgehead atoms. The van der Waals surface area contributed by atoms with Gasteiger partial charge in [0.05, 0.1) is 0 Å². The summed E-state index contributed by atoms with van der Waals surface area (Å²) < 4.78 is 0. The summed E-state index contributed by atoms with van der Waals surface area (Å²) >= 11 is 0. The number of hydrogen-bond acceptors (Lipinski definition) is 0. The first kappa shape index (κ1) is 13.8.